The van der Waals surface area contributed by atoms with E-state index in [-0.39, 0.29) is 6.04 Å². The minimum absolute atomic E-state index is 0.266. The summed E-state index contributed by atoms with van der Waals surface area (Å²) in [5, 5.41) is 7.65. The van der Waals surface area contributed by atoms with Crippen molar-refractivity contribution in [2.45, 2.75) is 12.5 Å². The summed E-state index contributed by atoms with van der Waals surface area (Å²) in [5.41, 5.74) is 11.3. The Bertz CT molecular complexity index is 2750. The summed E-state index contributed by atoms with van der Waals surface area (Å²) in [6.07, 6.45) is 8.02. The van der Waals surface area contributed by atoms with E-state index in [1.54, 1.807) is 0 Å². The Morgan fingerprint density at radius 2 is 1.02 bits per heavy atom. The van der Waals surface area contributed by atoms with Gasteiger partial charge in [-0.2, -0.15) is 0 Å². The maximum Gasteiger partial charge on any atom is 0.0560 e. The molecule has 0 bridgehead atoms. The SMILES string of the molecule is C1=CC(n2c3ccccc3c3cc(-c4ccc5c(c4)c4ccccc4n5-c4cccc5ccccc45)ccc32)CC=C1c1ccccc1. The summed E-state index contributed by atoms with van der Waals surface area (Å²) in [5.74, 6) is 0. The number of aromatic nitrogens is 2. The van der Waals surface area contributed by atoms with Crippen LogP contribution in [0.5, 0.6) is 0 Å². The molecule has 0 radical (unpaired) electrons. The van der Waals surface area contributed by atoms with Crippen LogP contribution in [0.2, 0.25) is 0 Å². The van der Waals surface area contributed by atoms with Gasteiger partial charge in [-0.15, -0.1) is 0 Å². The molecule has 1 aliphatic rings. The lowest BCUT2D eigenvalue weighted by Gasteiger charge is -2.21. The molecule has 0 saturated heterocycles. The second-order valence-corrected chi connectivity index (χ2v) is 12.9. The fraction of sp³-hybridized carbons (Fsp3) is 0.0435. The van der Waals surface area contributed by atoms with E-state index < -0.39 is 0 Å². The Morgan fingerprint density at radius 1 is 0.438 bits per heavy atom. The second-order valence-electron chi connectivity index (χ2n) is 12.9. The third-order valence-corrected chi connectivity index (χ3v) is 10.2. The van der Waals surface area contributed by atoms with Crippen LogP contribution >= 0.6 is 0 Å². The van der Waals surface area contributed by atoms with Gasteiger partial charge in [-0.1, -0.05) is 133 Å². The minimum atomic E-state index is 0.266. The first kappa shape index (κ1) is 27.0. The van der Waals surface area contributed by atoms with Crippen molar-refractivity contribution in [2.24, 2.45) is 0 Å². The van der Waals surface area contributed by atoms with Crippen molar-refractivity contribution in [1.82, 2.24) is 9.13 Å². The maximum atomic E-state index is 2.53. The molecular formula is C46H32N2. The van der Waals surface area contributed by atoms with Gasteiger partial charge in [-0.05, 0) is 76.5 Å². The topological polar surface area (TPSA) is 9.86 Å². The molecule has 2 heterocycles. The number of hydrogen-bond donors (Lipinski definition) is 0. The van der Waals surface area contributed by atoms with Crippen LogP contribution < -0.4 is 0 Å². The van der Waals surface area contributed by atoms with Gasteiger partial charge in [-0.25, -0.2) is 0 Å². The Labute approximate surface area is 279 Å². The van der Waals surface area contributed by atoms with Gasteiger partial charge in [0.25, 0.3) is 0 Å². The van der Waals surface area contributed by atoms with Gasteiger partial charge in [0, 0.05) is 38.0 Å². The van der Waals surface area contributed by atoms with Gasteiger partial charge in [-0.3, -0.25) is 0 Å². The Hall–Kier alpha value is -6.12. The highest BCUT2D eigenvalue weighted by Crippen LogP contribution is 2.40. The zero-order valence-corrected chi connectivity index (χ0v) is 26.4. The summed E-state index contributed by atoms with van der Waals surface area (Å²) >= 11 is 0. The van der Waals surface area contributed by atoms with Crippen molar-refractivity contribution >= 4 is 60.0 Å². The summed E-state index contributed by atoms with van der Waals surface area (Å²) in [4.78, 5) is 0. The third-order valence-electron chi connectivity index (χ3n) is 10.2. The number of benzene rings is 7. The van der Waals surface area contributed by atoms with E-state index in [1.165, 1.54) is 82.3 Å². The number of allylic oxidation sites excluding steroid dienone is 4. The molecule has 0 fully saturated rings. The maximum absolute atomic E-state index is 2.53. The monoisotopic (exact) mass is 612 g/mol. The molecule has 48 heavy (non-hydrogen) atoms. The van der Waals surface area contributed by atoms with Crippen LogP contribution in [0.15, 0.2) is 176 Å². The van der Waals surface area contributed by atoms with Crippen LogP contribution in [0.4, 0.5) is 0 Å². The van der Waals surface area contributed by atoms with Crippen LogP contribution in [0.25, 0.3) is 76.8 Å². The summed E-state index contributed by atoms with van der Waals surface area (Å²) < 4.78 is 4.97. The Morgan fingerprint density at radius 3 is 1.79 bits per heavy atom. The molecule has 0 amide bonds. The number of fused-ring (bicyclic) bond motifs is 7. The van der Waals surface area contributed by atoms with E-state index in [9.17, 15) is 0 Å². The molecule has 7 aromatic carbocycles. The zero-order valence-electron chi connectivity index (χ0n) is 26.4. The highest BCUT2D eigenvalue weighted by Gasteiger charge is 2.20. The Kier molecular flexibility index (Phi) is 6.04. The fourth-order valence-electron chi connectivity index (χ4n) is 8.00. The molecule has 1 unspecified atom stereocenters. The number of rotatable bonds is 4. The van der Waals surface area contributed by atoms with Crippen molar-refractivity contribution in [3.05, 3.63) is 182 Å². The molecule has 226 valence electrons. The molecule has 9 aromatic rings. The van der Waals surface area contributed by atoms with Crippen molar-refractivity contribution in [2.75, 3.05) is 0 Å². The molecule has 1 aliphatic carbocycles. The normalized spacial score (nSPS) is 14.8. The van der Waals surface area contributed by atoms with E-state index in [1.807, 2.05) is 0 Å². The standard InChI is InChI=1S/C46H32N2/c1-2-11-31(12-3-1)32-21-25-36(26-22-32)47-43-18-8-6-16-38(43)40-29-34(23-27-45(40)47)35-24-28-46-41(30-35)39-17-7-9-19-44(39)48(46)42-20-10-14-33-13-4-5-15-37(33)42/h1-25,27-30,36H,26H2. The number of hydrogen-bond acceptors (Lipinski definition) is 0. The molecular weight excluding hydrogens is 581 g/mol. The van der Waals surface area contributed by atoms with E-state index in [2.05, 4.69) is 185 Å². The van der Waals surface area contributed by atoms with Gasteiger partial charge < -0.3 is 9.13 Å². The number of para-hydroxylation sites is 2. The predicted octanol–water partition coefficient (Wildman–Crippen LogP) is 12.3. The summed E-state index contributed by atoms with van der Waals surface area (Å²) in [6.45, 7) is 0. The van der Waals surface area contributed by atoms with Crippen molar-refractivity contribution in [1.29, 1.82) is 0 Å². The molecule has 1 atom stereocenters. The van der Waals surface area contributed by atoms with Gasteiger partial charge in [0.05, 0.1) is 22.8 Å². The quantitative estimate of drug-likeness (QED) is 0.187. The van der Waals surface area contributed by atoms with Crippen LogP contribution in [-0.4, -0.2) is 9.13 Å². The van der Waals surface area contributed by atoms with Crippen LogP contribution in [-0.2, 0) is 0 Å². The molecule has 0 spiro atoms. The minimum Gasteiger partial charge on any atom is -0.333 e. The molecule has 0 saturated carbocycles. The van der Waals surface area contributed by atoms with Gasteiger partial charge in [0.15, 0.2) is 0 Å². The molecule has 0 aliphatic heterocycles. The zero-order chi connectivity index (χ0) is 31.6. The first-order valence-electron chi connectivity index (χ1n) is 16.8. The van der Waals surface area contributed by atoms with Crippen LogP contribution in [0, 0.1) is 0 Å². The molecule has 2 heteroatoms. The first-order chi connectivity index (χ1) is 23.8. The summed E-state index contributed by atoms with van der Waals surface area (Å²) in [7, 11) is 0. The average Bonchev–Trinajstić information content (AvgIpc) is 3.67. The van der Waals surface area contributed by atoms with Crippen LogP contribution in [0.1, 0.15) is 18.0 Å². The van der Waals surface area contributed by atoms with Crippen molar-refractivity contribution < 1.29 is 0 Å². The molecule has 2 aromatic heterocycles. The third kappa shape index (κ3) is 4.13. The van der Waals surface area contributed by atoms with E-state index >= 15 is 0 Å². The smallest absolute Gasteiger partial charge is 0.0560 e. The lowest BCUT2D eigenvalue weighted by atomic mass is 9.97. The Balaban J connectivity index is 1.11. The van der Waals surface area contributed by atoms with E-state index in [0.29, 0.717) is 0 Å². The van der Waals surface area contributed by atoms with Crippen molar-refractivity contribution in [3.63, 3.8) is 0 Å². The average molecular weight is 613 g/mol. The fourth-order valence-corrected chi connectivity index (χ4v) is 8.00. The molecule has 0 N–H and O–H groups in total. The van der Waals surface area contributed by atoms with Gasteiger partial charge in [0.2, 0.25) is 0 Å². The highest BCUT2D eigenvalue weighted by atomic mass is 15.0. The van der Waals surface area contributed by atoms with Crippen molar-refractivity contribution in [3.8, 4) is 16.8 Å². The van der Waals surface area contributed by atoms with E-state index in [0.717, 1.165) is 6.42 Å². The van der Waals surface area contributed by atoms with E-state index in [4.69, 9.17) is 0 Å². The highest BCUT2D eigenvalue weighted by molar-refractivity contribution is 6.13. The lowest BCUT2D eigenvalue weighted by Crippen LogP contribution is -2.07. The predicted molar refractivity (Wildman–Crippen MR) is 204 cm³/mol. The van der Waals surface area contributed by atoms with Crippen LogP contribution in [0.3, 0.4) is 0 Å². The van der Waals surface area contributed by atoms with Gasteiger partial charge >= 0.3 is 0 Å². The lowest BCUT2D eigenvalue weighted by molar-refractivity contribution is 0.649. The largest absolute Gasteiger partial charge is 0.333 e. The number of nitrogens with zero attached hydrogens (tertiary/aromatic N) is 2. The summed E-state index contributed by atoms with van der Waals surface area (Å²) in [6, 6.07) is 57.9. The molecule has 10 rings (SSSR count). The molecule has 2 nitrogen and oxygen atoms in total. The second kappa shape index (κ2) is 10.7. The first-order valence-corrected chi connectivity index (χ1v) is 16.8. The van der Waals surface area contributed by atoms with Gasteiger partial charge in [0.1, 0.15) is 0 Å².